The Balaban J connectivity index is 1.18. The molecule has 2 N–H and O–H groups in total. The number of urea groups is 1. The molecule has 9 heteroatoms. The van der Waals surface area contributed by atoms with Gasteiger partial charge in [0.1, 0.15) is 12.1 Å². The zero-order valence-electron chi connectivity index (χ0n) is 19.2. The van der Waals surface area contributed by atoms with Gasteiger partial charge in [0, 0.05) is 44.8 Å². The molecule has 2 aliphatic heterocycles. The van der Waals surface area contributed by atoms with E-state index in [0.29, 0.717) is 31.8 Å². The van der Waals surface area contributed by atoms with Gasteiger partial charge in [-0.25, -0.2) is 4.79 Å². The minimum absolute atomic E-state index is 0.00622. The lowest BCUT2D eigenvalue weighted by Gasteiger charge is -2.36. The van der Waals surface area contributed by atoms with E-state index in [1.807, 2.05) is 23.1 Å². The quantitative estimate of drug-likeness (QED) is 0.631. The van der Waals surface area contributed by atoms with Gasteiger partial charge in [-0.15, -0.1) is 0 Å². The molecular formula is C24H33N5O4. The van der Waals surface area contributed by atoms with Gasteiger partial charge in [-0.05, 0) is 43.7 Å². The summed E-state index contributed by atoms with van der Waals surface area (Å²) >= 11 is 0. The zero-order valence-corrected chi connectivity index (χ0v) is 19.2. The van der Waals surface area contributed by atoms with E-state index in [-0.39, 0.29) is 31.3 Å². The molecular weight excluding hydrogens is 422 g/mol. The van der Waals surface area contributed by atoms with Gasteiger partial charge < -0.3 is 20.4 Å². The Morgan fingerprint density at radius 2 is 1.73 bits per heavy atom. The zero-order chi connectivity index (χ0) is 23.4. The smallest absolute Gasteiger partial charge is 0.325 e. The van der Waals surface area contributed by atoms with Crippen LogP contribution in [0.5, 0.6) is 0 Å². The van der Waals surface area contributed by atoms with Crippen LogP contribution in [-0.2, 0) is 14.4 Å². The van der Waals surface area contributed by atoms with E-state index in [1.54, 1.807) is 0 Å². The standard InChI is InChI=1S/C24H33N5O4/c1-18-7-10-24(11-8-18)22(32)29(23(33)26-24)17-20(30)25-12-9-21(31)28-15-13-27(14-16-28)19-5-3-2-4-6-19/h2-6,18H,7-17H2,1H3,(H,25,30)(H,26,33). The Morgan fingerprint density at radius 3 is 2.39 bits per heavy atom. The average Bonchev–Trinajstić information content (AvgIpc) is 3.05. The Kier molecular flexibility index (Phi) is 6.85. The number of benzene rings is 1. The summed E-state index contributed by atoms with van der Waals surface area (Å²) in [6, 6.07) is 9.62. The van der Waals surface area contributed by atoms with E-state index in [0.717, 1.165) is 36.5 Å². The molecule has 1 aromatic rings. The largest absolute Gasteiger partial charge is 0.368 e. The Morgan fingerprint density at radius 1 is 1.06 bits per heavy atom. The Bertz CT molecular complexity index is 889. The molecule has 0 atom stereocenters. The lowest BCUT2D eigenvalue weighted by Crippen LogP contribution is -2.50. The fourth-order valence-electron chi connectivity index (χ4n) is 4.93. The summed E-state index contributed by atoms with van der Waals surface area (Å²) in [5.74, 6) is -0.201. The maximum Gasteiger partial charge on any atom is 0.325 e. The number of para-hydroxylation sites is 1. The maximum absolute atomic E-state index is 12.9. The second-order valence-corrected chi connectivity index (χ2v) is 9.39. The van der Waals surface area contributed by atoms with Gasteiger partial charge in [-0.2, -0.15) is 0 Å². The molecule has 1 spiro atoms. The minimum Gasteiger partial charge on any atom is -0.368 e. The van der Waals surface area contributed by atoms with Crippen molar-refractivity contribution in [2.75, 3.05) is 44.2 Å². The van der Waals surface area contributed by atoms with Crippen molar-refractivity contribution in [3.8, 4) is 0 Å². The fourth-order valence-corrected chi connectivity index (χ4v) is 4.93. The predicted octanol–water partition coefficient (Wildman–Crippen LogP) is 1.34. The van der Waals surface area contributed by atoms with Crippen molar-refractivity contribution in [1.82, 2.24) is 20.4 Å². The van der Waals surface area contributed by atoms with Crippen LogP contribution in [0.4, 0.5) is 10.5 Å². The molecule has 0 bridgehead atoms. The number of amides is 5. The highest BCUT2D eigenvalue weighted by Crippen LogP contribution is 2.36. The second-order valence-electron chi connectivity index (χ2n) is 9.39. The van der Waals surface area contributed by atoms with Crippen molar-refractivity contribution in [3.05, 3.63) is 30.3 Å². The first-order valence-electron chi connectivity index (χ1n) is 11.9. The number of hydrogen-bond acceptors (Lipinski definition) is 5. The van der Waals surface area contributed by atoms with Crippen LogP contribution in [0.2, 0.25) is 0 Å². The Hall–Kier alpha value is -3.10. The van der Waals surface area contributed by atoms with Gasteiger partial charge in [0.2, 0.25) is 11.8 Å². The van der Waals surface area contributed by atoms with Crippen LogP contribution in [0, 0.1) is 5.92 Å². The molecule has 4 rings (SSSR count). The highest BCUT2D eigenvalue weighted by molar-refractivity contribution is 6.09. The molecule has 9 nitrogen and oxygen atoms in total. The number of nitrogens with zero attached hydrogens (tertiary/aromatic N) is 3. The molecule has 33 heavy (non-hydrogen) atoms. The van der Waals surface area contributed by atoms with Crippen LogP contribution in [0.15, 0.2) is 30.3 Å². The van der Waals surface area contributed by atoms with E-state index in [4.69, 9.17) is 0 Å². The van der Waals surface area contributed by atoms with Crippen LogP contribution in [0.1, 0.15) is 39.0 Å². The monoisotopic (exact) mass is 455 g/mol. The Labute approximate surface area is 194 Å². The van der Waals surface area contributed by atoms with E-state index in [1.165, 1.54) is 0 Å². The van der Waals surface area contributed by atoms with Crippen molar-refractivity contribution < 1.29 is 19.2 Å². The van der Waals surface area contributed by atoms with Crippen molar-refractivity contribution in [2.45, 2.75) is 44.6 Å². The number of rotatable bonds is 6. The lowest BCUT2D eigenvalue weighted by atomic mass is 9.77. The van der Waals surface area contributed by atoms with E-state index in [9.17, 15) is 19.2 Å². The third kappa shape index (κ3) is 5.12. The number of anilines is 1. The summed E-state index contributed by atoms with van der Waals surface area (Å²) in [6.07, 6.45) is 3.19. The van der Waals surface area contributed by atoms with Crippen LogP contribution >= 0.6 is 0 Å². The van der Waals surface area contributed by atoms with E-state index < -0.39 is 17.5 Å². The van der Waals surface area contributed by atoms with Crippen molar-refractivity contribution in [3.63, 3.8) is 0 Å². The first-order chi connectivity index (χ1) is 15.9. The molecule has 0 radical (unpaired) electrons. The third-order valence-corrected chi connectivity index (χ3v) is 7.09. The SMILES string of the molecule is CC1CCC2(CC1)NC(=O)N(CC(=O)NCCC(=O)N1CCN(c3ccccc3)CC1)C2=O. The number of piperazine rings is 1. The van der Waals surface area contributed by atoms with E-state index in [2.05, 4.69) is 34.6 Å². The summed E-state index contributed by atoms with van der Waals surface area (Å²) in [6.45, 7) is 4.85. The van der Waals surface area contributed by atoms with Crippen LogP contribution in [-0.4, -0.2) is 78.4 Å². The molecule has 2 saturated heterocycles. The average molecular weight is 456 g/mol. The molecule has 178 valence electrons. The number of nitrogens with one attached hydrogen (secondary N) is 2. The van der Waals surface area contributed by atoms with Crippen LogP contribution < -0.4 is 15.5 Å². The van der Waals surface area contributed by atoms with Gasteiger partial charge in [0.15, 0.2) is 0 Å². The molecule has 1 aromatic carbocycles. The molecule has 0 aromatic heterocycles. The highest BCUT2D eigenvalue weighted by atomic mass is 16.2. The molecule has 1 aliphatic carbocycles. The molecule has 0 unspecified atom stereocenters. The molecule has 5 amide bonds. The van der Waals surface area contributed by atoms with Crippen LogP contribution in [0.25, 0.3) is 0 Å². The molecule has 1 saturated carbocycles. The normalized spacial score (nSPS) is 25.4. The van der Waals surface area contributed by atoms with Gasteiger partial charge in [-0.1, -0.05) is 25.1 Å². The summed E-state index contributed by atoms with van der Waals surface area (Å²) < 4.78 is 0. The number of hydrogen-bond donors (Lipinski definition) is 2. The van der Waals surface area contributed by atoms with Gasteiger partial charge in [0.25, 0.3) is 5.91 Å². The number of carbonyl (C=O) groups excluding carboxylic acids is 4. The number of carbonyl (C=O) groups is 4. The maximum atomic E-state index is 12.9. The summed E-state index contributed by atoms with van der Waals surface area (Å²) in [7, 11) is 0. The fraction of sp³-hybridized carbons (Fsp3) is 0.583. The van der Waals surface area contributed by atoms with Gasteiger partial charge in [0.05, 0.1) is 0 Å². The second kappa shape index (κ2) is 9.80. The van der Waals surface area contributed by atoms with Crippen molar-refractivity contribution >= 4 is 29.4 Å². The first-order valence-corrected chi connectivity index (χ1v) is 11.9. The highest BCUT2D eigenvalue weighted by Gasteiger charge is 2.52. The summed E-state index contributed by atoms with van der Waals surface area (Å²) in [5.41, 5.74) is 0.309. The third-order valence-electron chi connectivity index (χ3n) is 7.09. The van der Waals surface area contributed by atoms with Gasteiger partial charge >= 0.3 is 6.03 Å². The lowest BCUT2D eigenvalue weighted by molar-refractivity contribution is -0.136. The number of imide groups is 1. The molecule has 3 fully saturated rings. The van der Waals surface area contributed by atoms with Crippen LogP contribution in [0.3, 0.4) is 0 Å². The summed E-state index contributed by atoms with van der Waals surface area (Å²) in [5, 5.41) is 5.50. The molecule has 3 aliphatic rings. The van der Waals surface area contributed by atoms with Crippen molar-refractivity contribution in [2.24, 2.45) is 5.92 Å². The molecule has 2 heterocycles. The van der Waals surface area contributed by atoms with E-state index >= 15 is 0 Å². The van der Waals surface area contributed by atoms with Crippen molar-refractivity contribution in [1.29, 1.82) is 0 Å². The van der Waals surface area contributed by atoms with Gasteiger partial charge in [-0.3, -0.25) is 19.3 Å². The topological polar surface area (TPSA) is 102 Å². The first kappa shape index (κ1) is 23.1. The summed E-state index contributed by atoms with van der Waals surface area (Å²) in [4.78, 5) is 55.2. The minimum atomic E-state index is -0.846. The predicted molar refractivity (Wildman–Crippen MR) is 123 cm³/mol.